The Morgan fingerprint density at radius 3 is 2.89 bits per heavy atom. The summed E-state index contributed by atoms with van der Waals surface area (Å²) in [6, 6.07) is 14.5. The van der Waals surface area contributed by atoms with E-state index >= 15 is 0 Å². The Hall–Kier alpha value is -3.19. The molecule has 1 saturated heterocycles. The molecule has 1 N–H and O–H groups in total. The number of benzene rings is 2. The first-order chi connectivity index (χ1) is 13.3. The third kappa shape index (κ3) is 4.32. The fraction of sp³-hybridized carbons (Fsp3) is 0.250. The number of nitrogens with one attached hydrogen (secondary N) is 1. The molecule has 1 aromatic heterocycles. The second-order valence-electron chi connectivity index (χ2n) is 6.31. The molecule has 3 aromatic rings. The molecule has 7 heteroatoms. The number of hydrogen-bond acceptors (Lipinski definition) is 5. The van der Waals surface area contributed by atoms with Crippen molar-refractivity contribution in [2.24, 2.45) is 0 Å². The predicted molar refractivity (Wildman–Crippen MR) is 100 cm³/mol. The van der Waals surface area contributed by atoms with Crippen LogP contribution in [0.1, 0.15) is 23.2 Å². The second kappa shape index (κ2) is 8.01. The van der Waals surface area contributed by atoms with E-state index in [9.17, 15) is 4.79 Å². The predicted octanol–water partition coefficient (Wildman–Crippen LogP) is 3.08. The summed E-state index contributed by atoms with van der Waals surface area (Å²) in [7, 11) is 0. The van der Waals surface area contributed by atoms with Crippen molar-refractivity contribution >= 4 is 11.6 Å². The van der Waals surface area contributed by atoms with E-state index in [1.54, 1.807) is 23.1 Å². The lowest BCUT2D eigenvalue weighted by Gasteiger charge is -2.12. The highest BCUT2D eigenvalue weighted by Gasteiger charge is 2.16. The molecule has 138 valence electrons. The highest BCUT2D eigenvalue weighted by molar-refractivity contribution is 6.04. The van der Waals surface area contributed by atoms with E-state index in [2.05, 4.69) is 15.4 Å². The Bertz CT molecular complexity index is 888. The van der Waals surface area contributed by atoms with Crippen LogP contribution in [0.4, 0.5) is 5.69 Å². The number of hydrogen-bond donors (Lipinski definition) is 1. The first-order valence-electron chi connectivity index (χ1n) is 8.89. The molecule has 27 heavy (non-hydrogen) atoms. The van der Waals surface area contributed by atoms with E-state index in [1.165, 1.54) is 6.33 Å². The molecule has 2 aromatic carbocycles. The van der Waals surface area contributed by atoms with E-state index < -0.39 is 0 Å². The van der Waals surface area contributed by atoms with Gasteiger partial charge in [-0.15, -0.1) is 0 Å². The Labute approximate surface area is 156 Å². The maximum absolute atomic E-state index is 12.5. The molecule has 0 radical (unpaired) electrons. The normalized spacial score (nSPS) is 16.2. The Morgan fingerprint density at radius 2 is 2.15 bits per heavy atom. The van der Waals surface area contributed by atoms with E-state index in [0.29, 0.717) is 23.6 Å². The Kier molecular flexibility index (Phi) is 5.11. The van der Waals surface area contributed by atoms with Crippen LogP contribution in [-0.4, -0.2) is 40.0 Å². The van der Waals surface area contributed by atoms with Crippen molar-refractivity contribution in [2.75, 3.05) is 18.5 Å². The van der Waals surface area contributed by atoms with Gasteiger partial charge < -0.3 is 14.8 Å². The Morgan fingerprint density at radius 1 is 1.26 bits per heavy atom. The molecule has 4 rings (SSSR count). The molecule has 0 spiro atoms. The number of anilines is 1. The van der Waals surface area contributed by atoms with Crippen LogP contribution in [0.15, 0.2) is 61.2 Å². The SMILES string of the molecule is O=C(Nc1cccc(OCC2CCCO2)c1)c1ccc(-n2cncn2)cc1. The largest absolute Gasteiger partial charge is 0.491 e. The average molecular weight is 364 g/mol. The molecule has 0 aliphatic carbocycles. The van der Waals surface area contributed by atoms with Gasteiger partial charge in [0.15, 0.2) is 0 Å². The molecule has 7 nitrogen and oxygen atoms in total. The molecule has 1 amide bonds. The molecule has 1 unspecified atom stereocenters. The van der Waals surface area contributed by atoms with Crippen molar-refractivity contribution in [2.45, 2.75) is 18.9 Å². The minimum atomic E-state index is -0.184. The van der Waals surface area contributed by atoms with Crippen molar-refractivity contribution < 1.29 is 14.3 Å². The number of carbonyl (C=O) groups excluding carboxylic acids is 1. The van der Waals surface area contributed by atoms with Crippen LogP contribution >= 0.6 is 0 Å². The molecule has 1 aliphatic rings. The monoisotopic (exact) mass is 364 g/mol. The third-order valence-electron chi connectivity index (χ3n) is 4.36. The molecule has 1 atom stereocenters. The number of amides is 1. The van der Waals surface area contributed by atoms with Gasteiger partial charge in [0.1, 0.15) is 25.0 Å². The molecule has 0 bridgehead atoms. The van der Waals surface area contributed by atoms with Crippen molar-refractivity contribution in [1.29, 1.82) is 0 Å². The van der Waals surface area contributed by atoms with Gasteiger partial charge in [0.05, 0.1) is 11.8 Å². The zero-order valence-corrected chi connectivity index (χ0v) is 14.7. The quantitative estimate of drug-likeness (QED) is 0.727. The van der Waals surface area contributed by atoms with Gasteiger partial charge in [-0.1, -0.05) is 6.07 Å². The van der Waals surface area contributed by atoms with Gasteiger partial charge in [0, 0.05) is 23.9 Å². The van der Waals surface area contributed by atoms with Crippen LogP contribution in [0.25, 0.3) is 5.69 Å². The van der Waals surface area contributed by atoms with Gasteiger partial charge in [0.25, 0.3) is 5.91 Å². The summed E-state index contributed by atoms with van der Waals surface area (Å²) in [4.78, 5) is 16.4. The fourth-order valence-electron chi connectivity index (χ4n) is 2.94. The maximum atomic E-state index is 12.5. The summed E-state index contributed by atoms with van der Waals surface area (Å²) >= 11 is 0. The lowest BCUT2D eigenvalue weighted by atomic mass is 10.2. The van der Waals surface area contributed by atoms with Crippen molar-refractivity contribution in [3.8, 4) is 11.4 Å². The minimum absolute atomic E-state index is 0.159. The molecule has 0 saturated carbocycles. The van der Waals surface area contributed by atoms with Crippen LogP contribution in [-0.2, 0) is 4.74 Å². The van der Waals surface area contributed by atoms with Gasteiger partial charge in [-0.2, -0.15) is 5.10 Å². The lowest BCUT2D eigenvalue weighted by Crippen LogP contribution is -2.16. The summed E-state index contributed by atoms with van der Waals surface area (Å²) in [6.45, 7) is 1.33. The maximum Gasteiger partial charge on any atom is 0.255 e. The first kappa shape index (κ1) is 17.2. The Balaban J connectivity index is 1.38. The summed E-state index contributed by atoms with van der Waals surface area (Å²) < 4.78 is 13.0. The van der Waals surface area contributed by atoms with Gasteiger partial charge in [0.2, 0.25) is 0 Å². The summed E-state index contributed by atoms with van der Waals surface area (Å²) in [6.07, 6.45) is 5.35. The first-order valence-corrected chi connectivity index (χ1v) is 8.89. The molecule has 1 fully saturated rings. The van der Waals surface area contributed by atoms with Crippen molar-refractivity contribution in [1.82, 2.24) is 14.8 Å². The number of ether oxygens (including phenoxy) is 2. The third-order valence-corrected chi connectivity index (χ3v) is 4.36. The van der Waals surface area contributed by atoms with Gasteiger partial charge in [-0.3, -0.25) is 4.79 Å². The van der Waals surface area contributed by atoms with Gasteiger partial charge in [-0.25, -0.2) is 9.67 Å². The fourth-order valence-corrected chi connectivity index (χ4v) is 2.94. The lowest BCUT2D eigenvalue weighted by molar-refractivity contribution is 0.0680. The number of aromatic nitrogens is 3. The van der Waals surface area contributed by atoms with Crippen LogP contribution in [0, 0.1) is 0 Å². The van der Waals surface area contributed by atoms with E-state index in [1.807, 2.05) is 36.4 Å². The van der Waals surface area contributed by atoms with Crippen molar-refractivity contribution in [3.05, 3.63) is 66.7 Å². The summed E-state index contributed by atoms with van der Waals surface area (Å²) in [5, 5.41) is 6.96. The highest BCUT2D eigenvalue weighted by Crippen LogP contribution is 2.20. The van der Waals surface area contributed by atoms with Crippen LogP contribution in [0.2, 0.25) is 0 Å². The van der Waals surface area contributed by atoms with E-state index in [-0.39, 0.29) is 12.0 Å². The van der Waals surface area contributed by atoms with Crippen LogP contribution < -0.4 is 10.1 Å². The molecule has 1 aliphatic heterocycles. The van der Waals surface area contributed by atoms with Gasteiger partial charge in [-0.05, 0) is 49.2 Å². The number of rotatable bonds is 6. The number of nitrogens with zero attached hydrogens (tertiary/aromatic N) is 3. The standard InChI is InChI=1S/C20H20N4O3/c25-20(15-6-8-17(9-7-15)24-14-21-13-22-24)23-16-3-1-4-18(11-16)27-12-19-5-2-10-26-19/h1,3-4,6-9,11,13-14,19H,2,5,10,12H2,(H,23,25). The number of carbonyl (C=O) groups is 1. The summed E-state index contributed by atoms with van der Waals surface area (Å²) in [5.41, 5.74) is 2.09. The average Bonchev–Trinajstić information content (AvgIpc) is 3.41. The van der Waals surface area contributed by atoms with Crippen LogP contribution in [0.5, 0.6) is 5.75 Å². The van der Waals surface area contributed by atoms with Crippen LogP contribution in [0.3, 0.4) is 0 Å². The molecular weight excluding hydrogens is 344 g/mol. The smallest absolute Gasteiger partial charge is 0.255 e. The van der Waals surface area contributed by atoms with Gasteiger partial charge >= 0.3 is 0 Å². The zero-order chi connectivity index (χ0) is 18.5. The zero-order valence-electron chi connectivity index (χ0n) is 14.7. The van der Waals surface area contributed by atoms with Crippen molar-refractivity contribution in [3.63, 3.8) is 0 Å². The summed E-state index contributed by atoms with van der Waals surface area (Å²) in [5.74, 6) is 0.529. The van der Waals surface area contributed by atoms with E-state index in [0.717, 1.165) is 25.1 Å². The second-order valence-corrected chi connectivity index (χ2v) is 6.31. The minimum Gasteiger partial charge on any atom is -0.491 e. The molecule has 2 heterocycles. The molecular formula is C20H20N4O3. The van der Waals surface area contributed by atoms with E-state index in [4.69, 9.17) is 9.47 Å². The topological polar surface area (TPSA) is 78.3 Å². The highest BCUT2D eigenvalue weighted by atomic mass is 16.5.